The van der Waals surface area contributed by atoms with Gasteiger partial charge in [0.1, 0.15) is 35.8 Å². The number of ether oxygens (including phenoxy) is 2. The third kappa shape index (κ3) is 3.29. The van der Waals surface area contributed by atoms with Crippen molar-refractivity contribution in [1.82, 2.24) is 14.8 Å². The Morgan fingerprint density at radius 3 is 2.55 bits per heavy atom. The summed E-state index contributed by atoms with van der Waals surface area (Å²) >= 11 is 3.51. The predicted octanol–water partition coefficient (Wildman–Crippen LogP) is 5.75. The second-order valence-electron chi connectivity index (χ2n) is 7.85. The minimum atomic E-state index is -0.410. The van der Waals surface area contributed by atoms with Crippen molar-refractivity contribution < 1.29 is 13.9 Å². The molecule has 0 saturated heterocycles. The van der Waals surface area contributed by atoms with Crippen molar-refractivity contribution in [3.05, 3.63) is 106 Å². The number of anilines is 1. The van der Waals surface area contributed by atoms with E-state index in [9.17, 15) is 4.39 Å². The molecule has 0 aliphatic carbocycles. The molecule has 6 nitrogen and oxygen atoms in total. The zero-order valence-electron chi connectivity index (χ0n) is 17.5. The highest BCUT2D eigenvalue weighted by Gasteiger charge is 2.41. The number of rotatable bonds is 3. The van der Waals surface area contributed by atoms with Crippen molar-refractivity contribution in [3.8, 4) is 11.5 Å². The van der Waals surface area contributed by atoms with Crippen molar-refractivity contribution >= 4 is 27.6 Å². The van der Waals surface area contributed by atoms with Gasteiger partial charge in [-0.15, -0.1) is 0 Å². The molecule has 1 N–H and O–H groups in total. The topological polar surface area (TPSA) is 61.2 Å². The Morgan fingerprint density at radius 2 is 1.79 bits per heavy atom. The summed E-state index contributed by atoms with van der Waals surface area (Å²) in [6.45, 7) is 0. The van der Waals surface area contributed by atoms with Gasteiger partial charge in [-0.2, -0.15) is 10.1 Å². The van der Waals surface area contributed by atoms with E-state index >= 15 is 0 Å². The quantitative estimate of drug-likeness (QED) is 0.385. The first-order valence-electron chi connectivity index (χ1n) is 10.4. The number of fused-ring (bicyclic) bond motifs is 3. The zero-order chi connectivity index (χ0) is 22.5. The summed E-state index contributed by atoms with van der Waals surface area (Å²) in [6.07, 6.45) is 1.11. The largest absolute Gasteiger partial charge is 0.497 e. The van der Waals surface area contributed by atoms with E-state index in [0.717, 1.165) is 32.4 Å². The molecule has 3 heterocycles. The van der Waals surface area contributed by atoms with Crippen LogP contribution >= 0.6 is 15.9 Å². The molecule has 0 spiro atoms. The lowest BCUT2D eigenvalue weighted by Crippen LogP contribution is -2.32. The van der Waals surface area contributed by atoms with Gasteiger partial charge in [-0.3, -0.25) is 0 Å². The minimum Gasteiger partial charge on any atom is -0.497 e. The molecule has 4 aromatic rings. The third-order valence-electron chi connectivity index (χ3n) is 5.98. The van der Waals surface area contributed by atoms with Gasteiger partial charge >= 0.3 is 0 Å². The maximum Gasteiger partial charge on any atom is 0.226 e. The SMILES string of the molecule is COc1ccc2c(c1)O[C@@H](c1ccc(Br)cc1)C1=C2Nc2ncnn2[C@H]1c1ccc(F)cc1. The van der Waals surface area contributed by atoms with Gasteiger partial charge in [0.15, 0.2) is 0 Å². The first-order chi connectivity index (χ1) is 16.1. The van der Waals surface area contributed by atoms with Crippen LogP contribution in [0.1, 0.15) is 28.8 Å². The molecule has 0 amide bonds. The average molecular weight is 505 g/mol. The Bertz CT molecular complexity index is 1380. The Hall–Kier alpha value is -3.65. The van der Waals surface area contributed by atoms with Crippen LogP contribution < -0.4 is 14.8 Å². The van der Waals surface area contributed by atoms with E-state index in [1.165, 1.54) is 18.5 Å². The molecule has 2 atom stereocenters. The lowest BCUT2D eigenvalue weighted by Gasteiger charge is -2.39. The molecule has 0 saturated carbocycles. The van der Waals surface area contributed by atoms with Crippen molar-refractivity contribution in [1.29, 1.82) is 0 Å². The summed E-state index contributed by atoms with van der Waals surface area (Å²) in [7, 11) is 1.63. The maximum atomic E-state index is 13.8. The highest BCUT2D eigenvalue weighted by molar-refractivity contribution is 9.10. The molecule has 33 heavy (non-hydrogen) atoms. The van der Waals surface area contributed by atoms with Crippen LogP contribution in [0.15, 0.2) is 83.1 Å². The Morgan fingerprint density at radius 1 is 1.03 bits per heavy atom. The summed E-state index contributed by atoms with van der Waals surface area (Å²) in [5.74, 6) is 1.74. The number of hydrogen-bond donors (Lipinski definition) is 1. The van der Waals surface area contributed by atoms with Crippen LogP contribution in [0.25, 0.3) is 5.70 Å². The van der Waals surface area contributed by atoms with Gasteiger partial charge in [0.05, 0.1) is 12.8 Å². The molecule has 2 aliphatic rings. The van der Waals surface area contributed by atoms with Gasteiger partial charge in [-0.25, -0.2) is 9.07 Å². The number of methoxy groups -OCH3 is 1. The molecule has 6 rings (SSSR count). The second-order valence-corrected chi connectivity index (χ2v) is 8.76. The zero-order valence-corrected chi connectivity index (χ0v) is 19.1. The first-order valence-corrected chi connectivity index (χ1v) is 11.2. The fourth-order valence-corrected chi connectivity index (χ4v) is 4.72. The summed E-state index contributed by atoms with van der Waals surface area (Å²) in [6, 6.07) is 20.0. The number of hydrogen-bond acceptors (Lipinski definition) is 5. The van der Waals surface area contributed by atoms with E-state index in [4.69, 9.17) is 9.47 Å². The first kappa shape index (κ1) is 20.0. The van der Waals surface area contributed by atoms with E-state index in [2.05, 4.69) is 31.3 Å². The van der Waals surface area contributed by atoms with Crippen LogP contribution in [-0.4, -0.2) is 21.9 Å². The third-order valence-corrected chi connectivity index (χ3v) is 6.51. The standard InChI is InChI=1S/C25H18BrFN4O2/c1-32-18-10-11-19-20(12-18)33-24(15-2-6-16(26)7-3-15)21-22(19)30-25-28-13-29-31(25)23(21)14-4-8-17(27)9-5-14/h2-13,23-24H,1H3,(H,28,29,30)/t23-,24-/m0/s1. The normalized spacial score (nSPS) is 18.5. The van der Waals surface area contributed by atoms with Crippen molar-refractivity contribution in [3.63, 3.8) is 0 Å². The Balaban J connectivity index is 1.62. The van der Waals surface area contributed by atoms with Crippen LogP contribution in [0.5, 0.6) is 11.5 Å². The van der Waals surface area contributed by atoms with Gasteiger partial charge in [0, 0.05) is 21.7 Å². The lowest BCUT2D eigenvalue weighted by molar-refractivity contribution is 0.222. The number of nitrogens with one attached hydrogen (secondary N) is 1. The van der Waals surface area contributed by atoms with Gasteiger partial charge in [-0.1, -0.05) is 40.2 Å². The summed E-state index contributed by atoms with van der Waals surface area (Å²) in [4.78, 5) is 4.42. The van der Waals surface area contributed by atoms with Crippen molar-refractivity contribution in [2.75, 3.05) is 12.4 Å². The maximum absolute atomic E-state index is 13.8. The molecule has 0 radical (unpaired) electrons. The Kier molecular flexibility index (Phi) is 4.69. The van der Waals surface area contributed by atoms with Gasteiger partial charge in [-0.05, 0) is 47.5 Å². The van der Waals surface area contributed by atoms with Crippen LogP contribution in [0, 0.1) is 5.82 Å². The number of benzene rings is 3. The molecular formula is C25H18BrFN4O2. The van der Waals surface area contributed by atoms with Gasteiger partial charge in [0.25, 0.3) is 0 Å². The summed E-state index contributed by atoms with van der Waals surface area (Å²) < 4.78 is 28.6. The average Bonchev–Trinajstić information content (AvgIpc) is 3.31. The van der Waals surface area contributed by atoms with E-state index in [0.29, 0.717) is 17.4 Å². The van der Waals surface area contributed by atoms with Crippen molar-refractivity contribution in [2.24, 2.45) is 0 Å². The predicted molar refractivity (Wildman–Crippen MR) is 126 cm³/mol. The van der Waals surface area contributed by atoms with Crippen LogP contribution in [-0.2, 0) is 0 Å². The van der Waals surface area contributed by atoms with Crippen molar-refractivity contribution in [2.45, 2.75) is 12.1 Å². The Labute approximate surface area is 197 Å². The number of aromatic nitrogens is 3. The van der Waals surface area contributed by atoms with Gasteiger partial charge < -0.3 is 14.8 Å². The van der Waals surface area contributed by atoms with E-state index in [-0.39, 0.29) is 11.9 Å². The number of halogens is 2. The smallest absolute Gasteiger partial charge is 0.226 e. The minimum absolute atomic E-state index is 0.289. The number of nitrogens with zero attached hydrogens (tertiary/aromatic N) is 3. The monoisotopic (exact) mass is 504 g/mol. The van der Waals surface area contributed by atoms with Gasteiger partial charge in [0.2, 0.25) is 5.95 Å². The highest BCUT2D eigenvalue weighted by atomic mass is 79.9. The molecular weight excluding hydrogens is 487 g/mol. The second kappa shape index (κ2) is 7.74. The highest BCUT2D eigenvalue weighted by Crippen LogP contribution is 2.51. The van der Waals surface area contributed by atoms with E-state index < -0.39 is 6.10 Å². The van der Waals surface area contributed by atoms with E-state index in [1.54, 1.807) is 19.2 Å². The summed E-state index contributed by atoms with van der Waals surface area (Å²) in [5, 5.41) is 7.95. The van der Waals surface area contributed by atoms with Crippen LogP contribution in [0.4, 0.5) is 10.3 Å². The molecule has 0 unspecified atom stereocenters. The molecule has 2 aliphatic heterocycles. The molecule has 8 heteroatoms. The van der Waals surface area contributed by atoms with Crippen LogP contribution in [0.3, 0.4) is 0 Å². The molecule has 1 aromatic heterocycles. The van der Waals surface area contributed by atoms with E-state index in [1.807, 2.05) is 47.1 Å². The molecule has 0 fully saturated rings. The summed E-state index contributed by atoms with van der Waals surface area (Å²) in [5.41, 5.74) is 4.65. The molecule has 0 bridgehead atoms. The van der Waals surface area contributed by atoms with Crippen LogP contribution in [0.2, 0.25) is 0 Å². The molecule has 164 valence electrons. The fraction of sp³-hybridized carbons (Fsp3) is 0.120. The molecule has 3 aromatic carbocycles. The fourth-order valence-electron chi connectivity index (χ4n) is 4.45. The lowest BCUT2D eigenvalue weighted by atomic mass is 9.84.